The van der Waals surface area contributed by atoms with Gasteiger partial charge in [-0.05, 0) is 18.2 Å². The van der Waals surface area contributed by atoms with E-state index in [9.17, 15) is 19.7 Å². The maximum Gasteiger partial charge on any atom is 0.339 e. The van der Waals surface area contributed by atoms with Crippen molar-refractivity contribution in [1.82, 2.24) is 0 Å². The molecule has 2 aromatic carbocycles. The lowest BCUT2D eigenvalue weighted by atomic mass is 9.93. The van der Waals surface area contributed by atoms with Crippen LogP contribution in [0.1, 0.15) is 32.4 Å². The number of carbonyl (C=O) groups is 2. The van der Waals surface area contributed by atoms with Crippen LogP contribution in [0, 0.1) is 10.1 Å². The van der Waals surface area contributed by atoms with Gasteiger partial charge < -0.3 is 4.74 Å². The molecule has 6 heteroatoms. The van der Waals surface area contributed by atoms with Gasteiger partial charge in [0.1, 0.15) is 0 Å². The Labute approximate surface area is 119 Å². The van der Waals surface area contributed by atoms with E-state index in [0.717, 1.165) is 0 Å². The van der Waals surface area contributed by atoms with Crippen LogP contribution in [-0.4, -0.2) is 16.7 Å². The third-order valence-electron chi connectivity index (χ3n) is 3.28. The van der Waals surface area contributed by atoms with Gasteiger partial charge in [-0.25, -0.2) is 4.79 Å². The summed E-state index contributed by atoms with van der Waals surface area (Å²) in [6.07, 6.45) is -1.06. The number of Topliss-reactive ketones (excluding diaryl/α,β-unsaturated/α-hetero) is 1. The number of hydrogen-bond donors (Lipinski definition) is 0. The predicted molar refractivity (Wildman–Crippen MR) is 72.0 cm³/mol. The number of ketones is 1. The molecule has 0 saturated carbocycles. The van der Waals surface area contributed by atoms with Crippen LogP contribution in [0.5, 0.6) is 0 Å². The number of ether oxygens (including phenoxy) is 1. The van der Waals surface area contributed by atoms with E-state index in [1.165, 1.54) is 30.3 Å². The SMILES string of the molecule is O=C1O[C@@H](c2ccc([N+](=O)[O-])cc2)C(=O)c2ccccc21. The first kappa shape index (κ1) is 13.0. The highest BCUT2D eigenvalue weighted by Gasteiger charge is 2.34. The number of cyclic esters (lactones) is 1. The number of benzene rings is 2. The third kappa shape index (κ3) is 2.16. The number of nitrogens with zero attached hydrogens (tertiary/aromatic N) is 1. The van der Waals surface area contributed by atoms with E-state index in [0.29, 0.717) is 11.1 Å². The molecule has 0 aromatic heterocycles. The summed E-state index contributed by atoms with van der Waals surface area (Å²) in [7, 11) is 0. The molecule has 0 fully saturated rings. The minimum absolute atomic E-state index is 0.0891. The molecule has 0 radical (unpaired) electrons. The number of nitro groups is 1. The Morgan fingerprint density at radius 2 is 1.57 bits per heavy atom. The molecule has 1 heterocycles. The molecule has 0 unspecified atom stereocenters. The second kappa shape index (κ2) is 4.82. The molecule has 1 aliphatic rings. The van der Waals surface area contributed by atoms with Gasteiger partial charge in [-0.2, -0.15) is 0 Å². The Morgan fingerprint density at radius 3 is 2.19 bits per heavy atom. The lowest BCUT2D eigenvalue weighted by molar-refractivity contribution is -0.384. The highest BCUT2D eigenvalue weighted by Crippen LogP contribution is 2.31. The third-order valence-corrected chi connectivity index (χ3v) is 3.28. The van der Waals surface area contributed by atoms with Crippen molar-refractivity contribution >= 4 is 17.4 Å². The smallest absolute Gasteiger partial charge is 0.339 e. The van der Waals surface area contributed by atoms with Gasteiger partial charge in [0.2, 0.25) is 5.78 Å². The standard InChI is InChI=1S/C15H9NO5/c17-13-11-3-1-2-4-12(11)15(18)21-14(13)9-5-7-10(8-6-9)16(19)20/h1-8,14H/t14-/m0/s1. The van der Waals surface area contributed by atoms with E-state index >= 15 is 0 Å². The molecular weight excluding hydrogens is 274 g/mol. The van der Waals surface area contributed by atoms with Crippen molar-refractivity contribution in [3.63, 3.8) is 0 Å². The Kier molecular flexibility index (Phi) is 2.98. The van der Waals surface area contributed by atoms with Crippen molar-refractivity contribution in [3.05, 3.63) is 75.3 Å². The normalized spacial score (nSPS) is 17.0. The van der Waals surface area contributed by atoms with Gasteiger partial charge in [0.25, 0.3) is 5.69 Å². The molecule has 0 saturated heterocycles. The number of nitro benzene ring substituents is 1. The van der Waals surface area contributed by atoms with E-state index in [1.807, 2.05) is 0 Å². The van der Waals surface area contributed by atoms with Crippen molar-refractivity contribution in [2.45, 2.75) is 6.10 Å². The highest BCUT2D eigenvalue weighted by atomic mass is 16.6. The van der Waals surface area contributed by atoms with Crippen LogP contribution in [0.3, 0.4) is 0 Å². The number of esters is 1. The maximum absolute atomic E-state index is 12.4. The van der Waals surface area contributed by atoms with Crippen LogP contribution in [0.4, 0.5) is 5.69 Å². The number of rotatable bonds is 2. The fraction of sp³-hybridized carbons (Fsp3) is 0.0667. The second-order valence-corrected chi connectivity index (χ2v) is 4.54. The number of fused-ring (bicyclic) bond motifs is 1. The van der Waals surface area contributed by atoms with Crippen LogP contribution in [0.15, 0.2) is 48.5 Å². The van der Waals surface area contributed by atoms with Crippen LogP contribution in [0.25, 0.3) is 0 Å². The van der Waals surface area contributed by atoms with Crippen molar-refractivity contribution in [3.8, 4) is 0 Å². The summed E-state index contributed by atoms with van der Waals surface area (Å²) in [5.74, 6) is -0.910. The van der Waals surface area contributed by atoms with Crippen LogP contribution < -0.4 is 0 Å². The van der Waals surface area contributed by atoms with Gasteiger partial charge in [-0.1, -0.05) is 18.2 Å². The molecule has 0 amide bonds. The van der Waals surface area contributed by atoms with Crippen molar-refractivity contribution in [2.75, 3.05) is 0 Å². The van der Waals surface area contributed by atoms with Gasteiger partial charge in [0.05, 0.1) is 10.5 Å². The summed E-state index contributed by atoms with van der Waals surface area (Å²) < 4.78 is 5.15. The summed E-state index contributed by atoms with van der Waals surface area (Å²) in [5.41, 5.74) is 0.861. The van der Waals surface area contributed by atoms with E-state index in [-0.39, 0.29) is 17.0 Å². The summed E-state index contributed by atoms with van der Waals surface area (Å²) in [4.78, 5) is 34.4. The quantitative estimate of drug-likeness (QED) is 0.480. The molecule has 0 bridgehead atoms. The minimum atomic E-state index is -1.06. The monoisotopic (exact) mass is 283 g/mol. The first-order valence-corrected chi connectivity index (χ1v) is 6.16. The summed E-state index contributed by atoms with van der Waals surface area (Å²) in [6.45, 7) is 0. The Bertz CT molecular complexity index is 751. The molecule has 0 N–H and O–H groups in total. The zero-order valence-electron chi connectivity index (χ0n) is 10.7. The van der Waals surface area contributed by atoms with Crippen molar-refractivity contribution < 1.29 is 19.2 Å². The van der Waals surface area contributed by atoms with Gasteiger partial charge in [-0.3, -0.25) is 14.9 Å². The summed E-state index contributed by atoms with van der Waals surface area (Å²) >= 11 is 0. The molecule has 21 heavy (non-hydrogen) atoms. The first-order chi connectivity index (χ1) is 10.1. The first-order valence-electron chi connectivity index (χ1n) is 6.16. The van der Waals surface area contributed by atoms with Crippen molar-refractivity contribution in [1.29, 1.82) is 0 Å². The van der Waals surface area contributed by atoms with Gasteiger partial charge in [0.15, 0.2) is 6.10 Å². The van der Waals surface area contributed by atoms with Crippen LogP contribution in [0.2, 0.25) is 0 Å². The maximum atomic E-state index is 12.4. The largest absolute Gasteiger partial charge is 0.445 e. The van der Waals surface area contributed by atoms with E-state index in [1.54, 1.807) is 18.2 Å². The molecule has 104 valence electrons. The number of non-ortho nitro benzene ring substituents is 1. The van der Waals surface area contributed by atoms with Gasteiger partial charge in [-0.15, -0.1) is 0 Å². The Hall–Kier alpha value is -3.02. The molecule has 1 aliphatic heterocycles. The second-order valence-electron chi connectivity index (χ2n) is 4.54. The van der Waals surface area contributed by atoms with Gasteiger partial charge in [0, 0.05) is 23.3 Å². The zero-order valence-corrected chi connectivity index (χ0v) is 10.7. The summed E-state index contributed by atoms with van der Waals surface area (Å²) in [5, 5.41) is 10.6. The zero-order chi connectivity index (χ0) is 15.0. The molecule has 2 aromatic rings. The average molecular weight is 283 g/mol. The molecule has 0 aliphatic carbocycles. The fourth-order valence-electron chi connectivity index (χ4n) is 2.23. The van der Waals surface area contributed by atoms with E-state index in [4.69, 9.17) is 4.74 Å². The lowest BCUT2D eigenvalue weighted by Gasteiger charge is -2.23. The Balaban J connectivity index is 1.99. The predicted octanol–water partition coefficient (Wildman–Crippen LogP) is 2.69. The minimum Gasteiger partial charge on any atom is -0.445 e. The Morgan fingerprint density at radius 1 is 0.952 bits per heavy atom. The molecule has 1 atom stereocenters. The van der Waals surface area contributed by atoms with Crippen LogP contribution >= 0.6 is 0 Å². The van der Waals surface area contributed by atoms with Gasteiger partial charge >= 0.3 is 5.97 Å². The summed E-state index contributed by atoms with van der Waals surface area (Å²) in [6, 6.07) is 11.8. The highest BCUT2D eigenvalue weighted by molar-refractivity contribution is 6.12. The van der Waals surface area contributed by atoms with E-state index in [2.05, 4.69) is 0 Å². The van der Waals surface area contributed by atoms with Crippen LogP contribution in [-0.2, 0) is 4.74 Å². The fourth-order valence-corrected chi connectivity index (χ4v) is 2.23. The molecule has 0 spiro atoms. The molecule has 6 nitrogen and oxygen atoms in total. The average Bonchev–Trinajstić information content (AvgIpc) is 2.51. The number of hydrogen-bond acceptors (Lipinski definition) is 5. The number of carbonyl (C=O) groups excluding carboxylic acids is 2. The topological polar surface area (TPSA) is 86.5 Å². The molecule has 3 rings (SSSR count). The lowest BCUT2D eigenvalue weighted by Crippen LogP contribution is -2.27. The van der Waals surface area contributed by atoms with E-state index < -0.39 is 17.0 Å². The van der Waals surface area contributed by atoms with Crippen molar-refractivity contribution in [2.24, 2.45) is 0 Å². The molecular formula is C15H9NO5.